The summed E-state index contributed by atoms with van der Waals surface area (Å²) in [4.78, 5) is 10.0. The Morgan fingerprint density at radius 3 is 2.59 bits per heavy atom. The molecule has 0 amide bonds. The molecule has 0 saturated heterocycles. The molecule has 0 unspecified atom stereocenters. The van der Waals surface area contributed by atoms with E-state index >= 15 is 0 Å². The van der Waals surface area contributed by atoms with Gasteiger partial charge in [-0.05, 0) is 12.1 Å². The minimum Gasteiger partial charge on any atom is -0.304 e. The normalized spacial score (nSPS) is 11.5. The van der Waals surface area contributed by atoms with Crippen molar-refractivity contribution in [3.05, 3.63) is 38.3 Å². The van der Waals surface area contributed by atoms with Crippen molar-refractivity contribution < 1.29 is 18.1 Å². The zero-order chi connectivity index (χ0) is 13.1. The summed E-state index contributed by atoms with van der Waals surface area (Å²) in [5.74, 6) is 0. The Morgan fingerprint density at radius 1 is 1.41 bits per heavy atom. The highest BCUT2D eigenvalue weighted by molar-refractivity contribution is 9.10. The number of alkyl halides is 3. The maximum atomic E-state index is 11.9. The van der Waals surface area contributed by atoms with Crippen LogP contribution in [0.4, 0.5) is 18.9 Å². The second kappa shape index (κ2) is 5.46. The number of halogens is 4. The Balaban J connectivity index is 2.74. The van der Waals surface area contributed by atoms with Crippen LogP contribution in [0.2, 0.25) is 0 Å². The van der Waals surface area contributed by atoms with Gasteiger partial charge in [-0.15, -0.1) is 0 Å². The number of hydrogen-bond acceptors (Lipinski definition) is 3. The van der Waals surface area contributed by atoms with E-state index in [0.717, 1.165) is 0 Å². The van der Waals surface area contributed by atoms with E-state index in [4.69, 9.17) is 0 Å². The van der Waals surface area contributed by atoms with Gasteiger partial charge in [-0.1, -0.05) is 15.9 Å². The summed E-state index contributed by atoms with van der Waals surface area (Å²) < 4.78 is 36.1. The molecule has 0 aliphatic carbocycles. The van der Waals surface area contributed by atoms with Crippen LogP contribution >= 0.6 is 15.9 Å². The summed E-state index contributed by atoms with van der Waals surface area (Å²) in [7, 11) is 0. The van der Waals surface area contributed by atoms with E-state index in [2.05, 4.69) is 21.2 Å². The molecule has 1 aromatic carbocycles. The molecular weight excluding hydrogens is 305 g/mol. The van der Waals surface area contributed by atoms with Gasteiger partial charge in [0.05, 0.1) is 11.5 Å². The molecule has 0 saturated carbocycles. The highest BCUT2D eigenvalue weighted by Gasteiger charge is 2.26. The first-order valence-electron chi connectivity index (χ1n) is 4.50. The van der Waals surface area contributed by atoms with E-state index in [-0.39, 0.29) is 17.8 Å². The summed E-state index contributed by atoms with van der Waals surface area (Å²) >= 11 is 3.06. The van der Waals surface area contributed by atoms with Crippen LogP contribution in [0.3, 0.4) is 0 Å². The predicted octanol–water partition coefficient (Wildman–Crippen LogP) is 3.01. The molecule has 1 aromatic rings. The van der Waals surface area contributed by atoms with Crippen molar-refractivity contribution in [3.63, 3.8) is 0 Å². The minimum atomic E-state index is -4.33. The molecule has 94 valence electrons. The number of nitro benzene ring substituents is 1. The van der Waals surface area contributed by atoms with Gasteiger partial charge in [0.1, 0.15) is 0 Å². The first-order chi connectivity index (χ1) is 7.79. The van der Waals surface area contributed by atoms with Crippen LogP contribution in [-0.4, -0.2) is 17.6 Å². The SMILES string of the molecule is O=[N+]([O-])c1cc(Br)ccc1CNCC(F)(F)F. The number of benzene rings is 1. The fraction of sp³-hybridized carbons (Fsp3) is 0.333. The molecule has 0 aliphatic heterocycles. The fourth-order valence-corrected chi connectivity index (χ4v) is 1.54. The zero-order valence-corrected chi connectivity index (χ0v) is 10.0. The smallest absolute Gasteiger partial charge is 0.304 e. The van der Waals surface area contributed by atoms with Gasteiger partial charge in [-0.2, -0.15) is 13.2 Å². The molecule has 8 heteroatoms. The summed E-state index contributed by atoms with van der Waals surface area (Å²) in [5.41, 5.74) is -0.00324. The van der Waals surface area contributed by atoms with E-state index in [1.165, 1.54) is 18.2 Å². The largest absolute Gasteiger partial charge is 0.401 e. The second-order valence-corrected chi connectivity index (χ2v) is 4.16. The molecule has 1 N–H and O–H groups in total. The van der Waals surface area contributed by atoms with E-state index < -0.39 is 17.6 Å². The topological polar surface area (TPSA) is 55.2 Å². The Kier molecular flexibility index (Phi) is 4.47. The maximum Gasteiger partial charge on any atom is 0.401 e. The summed E-state index contributed by atoms with van der Waals surface area (Å²) in [6.07, 6.45) is -4.33. The van der Waals surface area contributed by atoms with Crippen LogP contribution in [0, 0.1) is 10.1 Å². The molecule has 0 aromatic heterocycles. The van der Waals surface area contributed by atoms with E-state index in [0.29, 0.717) is 4.47 Å². The van der Waals surface area contributed by atoms with Crippen molar-refractivity contribution in [1.29, 1.82) is 0 Å². The second-order valence-electron chi connectivity index (χ2n) is 3.25. The quantitative estimate of drug-likeness (QED) is 0.687. The molecule has 0 aliphatic rings. The third-order valence-electron chi connectivity index (χ3n) is 1.88. The third-order valence-corrected chi connectivity index (χ3v) is 2.38. The fourth-order valence-electron chi connectivity index (χ4n) is 1.20. The molecule has 1 rings (SSSR count). The lowest BCUT2D eigenvalue weighted by atomic mass is 10.2. The van der Waals surface area contributed by atoms with Gasteiger partial charge < -0.3 is 5.32 Å². The number of nitrogens with zero attached hydrogens (tertiary/aromatic N) is 1. The summed E-state index contributed by atoms with van der Waals surface area (Å²) in [6.45, 7) is -1.39. The Morgan fingerprint density at radius 2 is 2.06 bits per heavy atom. The van der Waals surface area contributed by atoms with Crippen molar-refractivity contribution in [2.45, 2.75) is 12.7 Å². The van der Waals surface area contributed by atoms with Gasteiger partial charge in [0.15, 0.2) is 0 Å². The van der Waals surface area contributed by atoms with Gasteiger partial charge in [0.2, 0.25) is 0 Å². The predicted molar refractivity (Wildman–Crippen MR) is 58.6 cm³/mol. The molecule has 4 nitrogen and oxygen atoms in total. The first-order valence-corrected chi connectivity index (χ1v) is 5.29. The third kappa shape index (κ3) is 4.70. The van der Waals surface area contributed by atoms with Gasteiger partial charge in [-0.3, -0.25) is 10.1 Å². The lowest BCUT2D eigenvalue weighted by Crippen LogP contribution is -2.28. The lowest BCUT2D eigenvalue weighted by molar-refractivity contribution is -0.385. The van der Waals surface area contributed by atoms with Crippen molar-refractivity contribution in [2.24, 2.45) is 0 Å². The van der Waals surface area contributed by atoms with Crippen molar-refractivity contribution in [3.8, 4) is 0 Å². The minimum absolute atomic E-state index is 0.205. The van der Waals surface area contributed by atoms with Crippen molar-refractivity contribution in [2.75, 3.05) is 6.54 Å². The molecule has 17 heavy (non-hydrogen) atoms. The van der Waals surface area contributed by atoms with Crippen molar-refractivity contribution in [1.82, 2.24) is 5.32 Å². The van der Waals surface area contributed by atoms with Gasteiger partial charge in [0, 0.05) is 22.6 Å². The molecule has 0 atom stereocenters. The van der Waals surface area contributed by atoms with Crippen LogP contribution in [0.5, 0.6) is 0 Å². The molecular formula is C9H8BrF3N2O2. The highest BCUT2D eigenvalue weighted by atomic mass is 79.9. The molecule has 0 bridgehead atoms. The average molecular weight is 313 g/mol. The Bertz CT molecular complexity index is 423. The van der Waals surface area contributed by atoms with Crippen LogP contribution in [0.15, 0.2) is 22.7 Å². The first kappa shape index (κ1) is 13.9. The van der Waals surface area contributed by atoms with Crippen LogP contribution in [-0.2, 0) is 6.54 Å². The van der Waals surface area contributed by atoms with E-state index in [1.807, 2.05) is 0 Å². The van der Waals surface area contributed by atoms with E-state index in [1.54, 1.807) is 0 Å². The standard InChI is InChI=1S/C9H8BrF3N2O2/c10-7-2-1-6(8(3-7)15(16)17)4-14-5-9(11,12)13/h1-3,14H,4-5H2. The summed E-state index contributed by atoms with van der Waals surface area (Å²) in [6, 6.07) is 4.20. The number of nitro groups is 1. The molecule has 0 heterocycles. The zero-order valence-electron chi connectivity index (χ0n) is 8.42. The lowest BCUT2D eigenvalue weighted by Gasteiger charge is -2.08. The average Bonchev–Trinajstić information content (AvgIpc) is 2.18. The number of nitrogens with one attached hydrogen (secondary N) is 1. The van der Waals surface area contributed by atoms with Gasteiger partial charge in [-0.25, -0.2) is 0 Å². The maximum absolute atomic E-state index is 11.9. The molecule has 0 radical (unpaired) electrons. The highest BCUT2D eigenvalue weighted by Crippen LogP contribution is 2.23. The molecule has 0 fully saturated rings. The number of rotatable bonds is 4. The Labute approximate surface area is 103 Å². The summed E-state index contributed by atoms with van der Waals surface area (Å²) in [5, 5.41) is 12.8. The van der Waals surface area contributed by atoms with E-state index in [9.17, 15) is 23.3 Å². The van der Waals surface area contributed by atoms with Crippen molar-refractivity contribution >= 4 is 21.6 Å². The number of hydrogen-bond donors (Lipinski definition) is 1. The monoisotopic (exact) mass is 312 g/mol. The Hall–Kier alpha value is -1.15. The van der Waals surface area contributed by atoms with Crippen LogP contribution in [0.25, 0.3) is 0 Å². The molecule has 0 spiro atoms. The van der Waals surface area contributed by atoms with Crippen LogP contribution in [0.1, 0.15) is 5.56 Å². The van der Waals surface area contributed by atoms with Gasteiger partial charge >= 0.3 is 6.18 Å². The van der Waals surface area contributed by atoms with Crippen LogP contribution < -0.4 is 5.32 Å². The van der Waals surface area contributed by atoms with Gasteiger partial charge in [0.25, 0.3) is 5.69 Å².